The van der Waals surface area contributed by atoms with E-state index in [0.717, 1.165) is 57.8 Å². The molecule has 0 saturated heterocycles. The summed E-state index contributed by atoms with van der Waals surface area (Å²) >= 11 is 0. The molecule has 0 aromatic carbocycles. The Morgan fingerprint density at radius 1 is 0.540 bits per heavy atom. The zero-order valence-electron chi connectivity index (χ0n) is 40.9. The van der Waals surface area contributed by atoms with Crippen LogP contribution in [0.1, 0.15) is 245 Å². The molecule has 0 aliphatic rings. The van der Waals surface area contributed by atoms with Gasteiger partial charge in [-0.15, -0.1) is 0 Å². The van der Waals surface area contributed by atoms with Gasteiger partial charge < -0.3 is 26.2 Å². The van der Waals surface area contributed by atoms with E-state index in [4.69, 9.17) is 14.8 Å². The van der Waals surface area contributed by atoms with Crippen LogP contribution < -0.4 is 11.1 Å². The minimum Gasteiger partial charge on any atom is -0.393 e. The SMILES string of the molecule is CCCCCCCCCCCC/C=C/CC/C=C/CC/C=C/C(O)C(COP(=O)(O)OCCN)NC(=O)CC(O)CCCCCCC/C=C\CCCCCCCCCCCCCC. The molecule has 0 radical (unpaired) electrons. The molecule has 0 aromatic rings. The molecule has 4 atom stereocenters. The number of hydrogen-bond donors (Lipinski definition) is 5. The highest BCUT2D eigenvalue weighted by molar-refractivity contribution is 7.47. The third-order valence-corrected chi connectivity index (χ3v) is 12.6. The Labute approximate surface area is 388 Å². The first-order chi connectivity index (χ1) is 30.8. The summed E-state index contributed by atoms with van der Waals surface area (Å²) in [6, 6.07) is -1.01. The lowest BCUT2D eigenvalue weighted by molar-refractivity contribution is -0.124. The molecular weight excluding hydrogens is 808 g/mol. The van der Waals surface area contributed by atoms with E-state index in [1.165, 1.54) is 154 Å². The van der Waals surface area contributed by atoms with Crippen molar-refractivity contribution in [3.05, 3.63) is 48.6 Å². The van der Waals surface area contributed by atoms with Crippen molar-refractivity contribution in [2.45, 2.75) is 263 Å². The highest BCUT2D eigenvalue weighted by Gasteiger charge is 2.27. The van der Waals surface area contributed by atoms with Gasteiger partial charge in [-0.2, -0.15) is 0 Å². The van der Waals surface area contributed by atoms with Gasteiger partial charge in [0.15, 0.2) is 0 Å². The summed E-state index contributed by atoms with van der Waals surface area (Å²) in [5, 5.41) is 24.2. The van der Waals surface area contributed by atoms with Crippen LogP contribution in [0.2, 0.25) is 0 Å². The summed E-state index contributed by atoms with van der Waals surface area (Å²) in [4.78, 5) is 22.9. The lowest BCUT2D eigenvalue weighted by Gasteiger charge is -2.24. The fourth-order valence-electron chi connectivity index (χ4n) is 7.67. The van der Waals surface area contributed by atoms with Gasteiger partial charge in [0, 0.05) is 6.54 Å². The van der Waals surface area contributed by atoms with E-state index in [-0.39, 0.29) is 19.6 Å². The predicted octanol–water partition coefficient (Wildman–Crippen LogP) is 14.6. The number of phosphoric ester groups is 1. The van der Waals surface area contributed by atoms with E-state index in [2.05, 4.69) is 55.6 Å². The Morgan fingerprint density at radius 2 is 0.905 bits per heavy atom. The number of nitrogens with one attached hydrogen (secondary N) is 1. The standard InChI is InChI=1S/C53H101N2O7P/c1-3-5-7-9-11-13-15-17-19-21-23-25-26-28-30-32-34-36-38-40-42-44-50(56)48-53(58)55-51(49-62-63(59,60)61-47-46-54)52(57)45-43-41-39-37-35-33-31-29-27-24-22-20-18-16-14-12-10-8-6-4-2/h27-30,35,37,43,45,50-52,56-57H,3-26,31-34,36,38-42,44,46-49,54H2,1-2H3,(H,55,58)(H,59,60)/b29-27+,30-28-,37-35+,45-43+. The molecule has 1 amide bonds. The molecule has 0 aliphatic heterocycles. The maximum atomic E-state index is 12.9. The molecule has 4 unspecified atom stereocenters. The zero-order chi connectivity index (χ0) is 46.2. The van der Waals surface area contributed by atoms with Crippen LogP contribution in [-0.4, -0.2) is 59.0 Å². The molecule has 0 aliphatic carbocycles. The number of carbonyl (C=O) groups is 1. The van der Waals surface area contributed by atoms with E-state index in [9.17, 15) is 24.5 Å². The third-order valence-electron chi connectivity index (χ3n) is 11.7. The maximum absolute atomic E-state index is 12.9. The van der Waals surface area contributed by atoms with E-state index < -0.39 is 38.6 Å². The fourth-order valence-corrected chi connectivity index (χ4v) is 8.43. The van der Waals surface area contributed by atoms with Gasteiger partial charge in [0.25, 0.3) is 0 Å². The molecule has 0 heterocycles. The zero-order valence-corrected chi connectivity index (χ0v) is 41.8. The topological polar surface area (TPSA) is 151 Å². The molecular formula is C53H101N2O7P. The van der Waals surface area contributed by atoms with Crippen molar-refractivity contribution in [1.29, 1.82) is 0 Å². The molecule has 0 bridgehead atoms. The highest BCUT2D eigenvalue weighted by atomic mass is 31.2. The number of aliphatic hydroxyl groups is 2. The normalized spacial score (nSPS) is 14.7. The van der Waals surface area contributed by atoms with Crippen molar-refractivity contribution in [2.75, 3.05) is 19.8 Å². The first kappa shape index (κ1) is 61.4. The van der Waals surface area contributed by atoms with E-state index >= 15 is 0 Å². The van der Waals surface area contributed by atoms with Crippen LogP contribution in [0, 0.1) is 0 Å². The number of phosphoric acid groups is 1. The van der Waals surface area contributed by atoms with Crippen molar-refractivity contribution < 1.29 is 33.5 Å². The molecule has 0 rings (SSSR count). The summed E-state index contributed by atoms with van der Waals surface area (Å²) in [7, 11) is -4.42. The smallest absolute Gasteiger partial charge is 0.393 e. The van der Waals surface area contributed by atoms with Crippen LogP contribution in [0.5, 0.6) is 0 Å². The van der Waals surface area contributed by atoms with Crippen LogP contribution in [-0.2, 0) is 18.4 Å². The van der Waals surface area contributed by atoms with E-state index in [0.29, 0.717) is 12.8 Å². The van der Waals surface area contributed by atoms with Gasteiger partial charge in [-0.05, 0) is 70.6 Å². The molecule has 0 aromatic heterocycles. The Morgan fingerprint density at radius 3 is 1.32 bits per heavy atom. The Balaban J connectivity index is 4.26. The number of nitrogens with two attached hydrogens (primary N) is 1. The number of allylic oxidation sites excluding steroid dienone is 7. The summed E-state index contributed by atoms with van der Waals surface area (Å²) in [5.41, 5.74) is 5.38. The molecule has 0 saturated carbocycles. The Bertz CT molecular complexity index is 1150. The van der Waals surface area contributed by atoms with Crippen LogP contribution in [0.4, 0.5) is 0 Å². The quantitative estimate of drug-likeness (QED) is 0.0230. The lowest BCUT2D eigenvalue weighted by Crippen LogP contribution is -2.46. The number of amides is 1. The molecule has 0 fully saturated rings. The van der Waals surface area contributed by atoms with Crippen LogP contribution >= 0.6 is 7.82 Å². The Hall–Kier alpha value is -1.58. The third kappa shape index (κ3) is 46.7. The van der Waals surface area contributed by atoms with Crippen molar-refractivity contribution in [1.82, 2.24) is 5.32 Å². The maximum Gasteiger partial charge on any atom is 0.472 e. The second kappa shape index (κ2) is 48.4. The monoisotopic (exact) mass is 909 g/mol. The van der Waals surface area contributed by atoms with Gasteiger partial charge in [0.05, 0.1) is 37.9 Å². The van der Waals surface area contributed by atoms with Crippen molar-refractivity contribution >= 4 is 13.7 Å². The first-order valence-corrected chi connectivity index (χ1v) is 27.8. The van der Waals surface area contributed by atoms with Crippen molar-refractivity contribution in [3.63, 3.8) is 0 Å². The largest absolute Gasteiger partial charge is 0.472 e. The average Bonchev–Trinajstić information content (AvgIpc) is 3.26. The van der Waals surface area contributed by atoms with Gasteiger partial charge in [-0.25, -0.2) is 4.57 Å². The Kier molecular flexibility index (Phi) is 47.1. The lowest BCUT2D eigenvalue weighted by atomic mass is 10.0. The fraction of sp³-hybridized carbons (Fsp3) is 0.830. The molecule has 6 N–H and O–H groups in total. The minimum absolute atomic E-state index is 0.0405. The van der Waals surface area contributed by atoms with E-state index in [1.807, 2.05) is 6.08 Å². The van der Waals surface area contributed by atoms with Gasteiger partial charge in [0.2, 0.25) is 5.91 Å². The molecule has 370 valence electrons. The number of carbonyl (C=O) groups excluding carboxylic acids is 1. The van der Waals surface area contributed by atoms with Gasteiger partial charge in [0.1, 0.15) is 0 Å². The molecule has 10 heteroatoms. The number of unbranched alkanes of at least 4 members (excludes halogenated alkanes) is 29. The van der Waals surface area contributed by atoms with Crippen LogP contribution in [0.3, 0.4) is 0 Å². The summed E-state index contributed by atoms with van der Waals surface area (Å²) in [6.07, 6.45) is 57.8. The minimum atomic E-state index is -4.42. The predicted molar refractivity (Wildman–Crippen MR) is 269 cm³/mol. The first-order valence-electron chi connectivity index (χ1n) is 26.3. The molecule has 63 heavy (non-hydrogen) atoms. The van der Waals surface area contributed by atoms with Gasteiger partial charge in [-0.3, -0.25) is 13.8 Å². The molecule has 9 nitrogen and oxygen atoms in total. The molecule has 0 spiro atoms. The number of hydrogen-bond acceptors (Lipinski definition) is 7. The van der Waals surface area contributed by atoms with Crippen LogP contribution in [0.25, 0.3) is 0 Å². The number of rotatable bonds is 49. The van der Waals surface area contributed by atoms with Crippen molar-refractivity contribution in [3.8, 4) is 0 Å². The summed E-state index contributed by atoms with van der Waals surface area (Å²) in [5.74, 6) is -0.463. The average molecular weight is 909 g/mol. The number of aliphatic hydroxyl groups excluding tert-OH is 2. The summed E-state index contributed by atoms with van der Waals surface area (Å²) < 4.78 is 22.2. The highest BCUT2D eigenvalue weighted by Crippen LogP contribution is 2.43. The van der Waals surface area contributed by atoms with Gasteiger partial charge in [-0.1, -0.05) is 217 Å². The summed E-state index contributed by atoms with van der Waals surface area (Å²) in [6.45, 7) is 3.97. The van der Waals surface area contributed by atoms with Crippen molar-refractivity contribution in [2.24, 2.45) is 5.73 Å². The van der Waals surface area contributed by atoms with Gasteiger partial charge >= 0.3 is 7.82 Å². The van der Waals surface area contributed by atoms with Crippen LogP contribution in [0.15, 0.2) is 48.6 Å². The second-order valence-corrected chi connectivity index (χ2v) is 19.4. The van der Waals surface area contributed by atoms with E-state index in [1.54, 1.807) is 6.08 Å². The second-order valence-electron chi connectivity index (χ2n) is 17.9.